The van der Waals surface area contributed by atoms with Gasteiger partial charge in [-0.25, -0.2) is 0 Å². The predicted molar refractivity (Wildman–Crippen MR) is 101 cm³/mol. The van der Waals surface area contributed by atoms with Crippen molar-refractivity contribution in [3.63, 3.8) is 0 Å². The molecule has 0 amide bonds. The minimum atomic E-state index is 0.641. The van der Waals surface area contributed by atoms with Crippen LogP contribution in [0.5, 0.6) is 0 Å². The molecule has 0 heteroatoms. The van der Waals surface area contributed by atoms with E-state index in [4.69, 9.17) is 0 Å². The molecule has 1 saturated carbocycles. The van der Waals surface area contributed by atoms with Crippen LogP contribution in [-0.4, -0.2) is 0 Å². The Morgan fingerprint density at radius 3 is 1.64 bits per heavy atom. The average molecular weight is 309 g/mol. The molecule has 0 nitrogen and oxygen atoms in total. The molecule has 0 radical (unpaired) electrons. The summed E-state index contributed by atoms with van der Waals surface area (Å²) >= 11 is 0. The molecule has 1 fully saturated rings. The Balaban J connectivity index is 2.81. The third-order valence-electron chi connectivity index (χ3n) is 7.19. The summed E-state index contributed by atoms with van der Waals surface area (Å²) in [5.41, 5.74) is 0.641. The molecule has 0 aromatic rings. The zero-order valence-electron chi connectivity index (χ0n) is 16.9. The van der Waals surface area contributed by atoms with Gasteiger partial charge in [0.15, 0.2) is 0 Å². The first-order valence-electron chi connectivity index (χ1n) is 10.2. The van der Waals surface area contributed by atoms with E-state index in [-0.39, 0.29) is 0 Å². The molecule has 3 atom stereocenters. The van der Waals surface area contributed by atoms with E-state index in [0.29, 0.717) is 5.41 Å². The van der Waals surface area contributed by atoms with Gasteiger partial charge < -0.3 is 0 Å². The van der Waals surface area contributed by atoms with Crippen molar-refractivity contribution in [3.8, 4) is 0 Å². The van der Waals surface area contributed by atoms with Crippen molar-refractivity contribution in [2.45, 2.75) is 100 Å². The lowest BCUT2D eigenvalue weighted by Gasteiger charge is -2.46. The van der Waals surface area contributed by atoms with Gasteiger partial charge in [0.1, 0.15) is 0 Å². The molecular formula is C22H44. The molecular weight excluding hydrogens is 264 g/mol. The lowest BCUT2D eigenvalue weighted by molar-refractivity contribution is 0.0470. The zero-order valence-corrected chi connectivity index (χ0v) is 16.9. The van der Waals surface area contributed by atoms with Crippen LogP contribution in [-0.2, 0) is 0 Å². The summed E-state index contributed by atoms with van der Waals surface area (Å²) < 4.78 is 0. The van der Waals surface area contributed by atoms with Gasteiger partial charge in [0.25, 0.3) is 0 Å². The molecule has 0 N–H and O–H groups in total. The second-order valence-corrected chi connectivity index (χ2v) is 9.62. The minimum Gasteiger partial charge on any atom is -0.0625 e. The summed E-state index contributed by atoms with van der Waals surface area (Å²) in [5, 5.41) is 0. The van der Waals surface area contributed by atoms with E-state index >= 15 is 0 Å². The number of hydrogen-bond donors (Lipinski definition) is 0. The summed E-state index contributed by atoms with van der Waals surface area (Å²) in [6.07, 6.45) is 10.3. The summed E-state index contributed by atoms with van der Waals surface area (Å²) in [6, 6.07) is 0. The molecule has 132 valence electrons. The molecule has 0 aromatic carbocycles. The molecule has 3 unspecified atom stereocenters. The van der Waals surface area contributed by atoms with Gasteiger partial charge in [-0.3, -0.25) is 0 Å². The fourth-order valence-corrected chi connectivity index (χ4v) is 4.87. The Kier molecular flexibility index (Phi) is 7.96. The molecule has 1 rings (SSSR count). The summed E-state index contributed by atoms with van der Waals surface area (Å²) in [6.45, 7) is 19.7. The van der Waals surface area contributed by atoms with Crippen LogP contribution >= 0.6 is 0 Å². The summed E-state index contributed by atoms with van der Waals surface area (Å²) in [4.78, 5) is 0. The Hall–Kier alpha value is 0. The molecule has 0 aliphatic heterocycles. The van der Waals surface area contributed by atoms with Crippen molar-refractivity contribution in [2.24, 2.45) is 40.9 Å². The SMILES string of the molecule is CC(C)C(C)CC(C)C(CC1(C(C)C)CCCCC1)C(C)C. The fourth-order valence-electron chi connectivity index (χ4n) is 4.87. The van der Waals surface area contributed by atoms with Gasteiger partial charge in [0.05, 0.1) is 0 Å². The van der Waals surface area contributed by atoms with E-state index in [1.165, 1.54) is 44.9 Å². The van der Waals surface area contributed by atoms with Gasteiger partial charge in [-0.15, -0.1) is 0 Å². The lowest BCUT2D eigenvalue weighted by Crippen LogP contribution is -2.36. The quantitative estimate of drug-likeness (QED) is 0.433. The third-order valence-corrected chi connectivity index (χ3v) is 7.19. The molecule has 1 aliphatic carbocycles. The van der Waals surface area contributed by atoms with Gasteiger partial charge in [-0.1, -0.05) is 74.7 Å². The van der Waals surface area contributed by atoms with Crippen molar-refractivity contribution < 1.29 is 0 Å². The monoisotopic (exact) mass is 308 g/mol. The normalized spacial score (nSPS) is 23.0. The standard InChI is InChI=1S/C22H44/c1-16(2)19(7)14-20(8)21(17(3)4)15-22(18(5)6)12-10-9-11-13-22/h16-21H,9-15H2,1-8H3. The van der Waals surface area contributed by atoms with E-state index in [1.54, 1.807) is 0 Å². The fraction of sp³-hybridized carbons (Fsp3) is 1.00. The highest BCUT2D eigenvalue weighted by atomic mass is 14.4. The van der Waals surface area contributed by atoms with Crippen LogP contribution in [0.3, 0.4) is 0 Å². The average Bonchev–Trinajstić information content (AvgIpc) is 2.44. The maximum atomic E-state index is 2.54. The Bertz CT molecular complexity index is 293. The van der Waals surface area contributed by atoms with E-state index in [0.717, 1.165) is 35.5 Å². The first-order valence-corrected chi connectivity index (χ1v) is 10.2. The zero-order chi connectivity index (χ0) is 16.9. The smallest absolute Gasteiger partial charge is 0.0272 e. The van der Waals surface area contributed by atoms with Crippen molar-refractivity contribution in [2.75, 3.05) is 0 Å². The largest absolute Gasteiger partial charge is 0.0625 e. The molecule has 1 aliphatic rings. The van der Waals surface area contributed by atoms with Gasteiger partial charge in [-0.2, -0.15) is 0 Å². The second-order valence-electron chi connectivity index (χ2n) is 9.62. The highest BCUT2D eigenvalue weighted by Gasteiger charge is 2.39. The van der Waals surface area contributed by atoms with Gasteiger partial charge in [0.2, 0.25) is 0 Å². The summed E-state index contributed by atoms with van der Waals surface area (Å²) in [7, 11) is 0. The molecule has 0 heterocycles. The van der Waals surface area contributed by atoms with Crippen molar-refractivity contribution in [1.29, 1.82) is 0 Å². The maximum Gasteiger partial charge on any atom is -0.0272 e. The lowest BCUT2D eigenvalue weighted by atomic mass is 9.59. The Morgan fingerprint density at radius 2 is 1.23 bits per heavy atom. The summed E-state index contributed by atoms with van der Waals surface area (Å²) in [5.74, 6) is 5.13. The van der Waals surface area contributed by atoms with Crippen molar-refractivity contribution in [1.82, 2.24) is 0 Å². The minimum absolute atomic E-state index is 0.641. The highest BCUT2D eigenvalue weighted by Crippen LogP contribution is 2.50. The second kappa shape index (κ2) is 8.74. The van der Waals surface area contributed by atoms with Crippen LogP contribution in [0, 0.1) is 40.9 Å². The first kappa shape index (κ1) is 20.0. The van der Waals surface area contributed by atoms with Crippen LogP contribution in [0.1, 0.15) is 100 Å². The van der Waals surface area contributed by atoms with Crippen LogP contribution in [0.4, 0.5) is 0 Å². The van der Waals surface area contributed by atoms with Gasteiger partial charge in [-0.05, 0) is 66.6 Å². The van der Waals surface area contributed by atoms with Crippen LogP contribution < -0.4 is 0 Å². The van der Waals surface area contributed by atoms with Crippen LogP contribution in [0.25, 0.3) is 0 Å². The topological polar surface area (TPSA) is 0 Å². The van der Waals surface area contributed by atoms with E-state index < -0.39 is 0 Å². The van der Waals surface area contributed by atoms with E-state index in [2.05, 4.69) is 55.4 Å². The van der Waals surface area contributed by atoms with Crippen LogP contribution in [0.15, 0.2) is 0 Å². The Labute approximate surface area is 141 Å². The van der Waals surface area contributed by atoms with Crippen molar-refractivity contribution >= 4 is 0 Å². The first-order chi connectivity index (χ1) is 10.2. The number of hydrogen-bond acceptors (Lipinski definition) is 0. The van der Waals surface area contributed by atoms with E-state index in [1.807, 2.05) is 0 Å². The molecule has 0 spiro atoms. The van der Waals surface area contributed by atoms with E-state index in [9.17, 15) is 0 Å². The van der Waals surface area contributed by atoms with Crippen molar-refractivity contribution in [3.05, 3.63) is 0 Å². The van der Waals surface area contributed by atoms with Gasteiger partial charge >= 0.3 is 0 Å². The molecule has 0 saturated heterocycles. The molecule has 22 heavy (non-hydrogen) atoms. The highest BCUT2D eigenvalue weighted by molar-refractivity contribution is 4.89. The number of rotatable bonds is 8. The molecule has 0 aromatic heterocycles. The van der Waals surface area contributed by atoms with Crippen LogP contribution in [0.2, 0.25) is 0 Å². The third kappa shape index (κ3) is 5.27. The van der Waals surface area contributed by atoms with Gasteiger partial charge in [0, 0.05) is 0 Å². The Morgan fingerprint density at radius 1 is 0.682 bits per heavy atom. The predicted octanol–water partition coefficient (Wildman–Crippen LogP) is 7.57. The molecule has 0 bridgehead atoms. The maximum absolute atomic E-state index is 2.54.